The quantitative estimate of drug-likeness (QED) is 0.744. The number of aliphatic imine (C=N–C) groups is 1. The van der Waals surface area contributed by atoms with Crippen LogP contribution in [0.15, 0.2) is 29.3 Å². The molecular formula is C11H16N4. The molecule has 2 rings (SSSR count). The first-order valence-corrected chi connectivity index (χ1v) is 5.14. The van der Waals surface area contributed by atoms with Gasteiger partial charge in [0.2, 0.25) is 0 Å². The molecule has 80 valence electrons. The molecular weight excluding hydrogens is 188 g/mol. The number of benzene rings is 1. The van der Waals surface area contributed by atoms with Gasteiger partial charge < -0.3 is 5.73 Å². The van der Waals surface area contributed by atoms with E-state index in [1.165, 1.54) is 5.56 Å². The molecule has 0 spiro atoms. The second-order valence-corrected chi connectivity index (χ2v) is 3.63. The number of hydrazine groups is 1. The highest BCUT2D eigenvalue weighted by molar-refractivity contribution is 5.86. The van der Waals surface area contributed by atoms with Crippen LogP contribution in [0.25, 0.3) is 0 Å². The largest absolute Gasteiger partial charge is 0.324 e. The standard InChI is InChI=1S/C11H16N4/c1-9-2-4-10(5-3-9)15-7-6-13-11(8-12)14-15/h2-5H,6-8,12H2,1H3,(H,13,14). The predicted octanol–water partition coefficient (Wildman–Crippen LogP) is 0.677. The van der Waals surface area contributed by atoms with E-state index in [4.69, 9.17) is 5.73 Å². The van der Waals surface area contributed by atoms with Crippen LogP contribution in [0.3, 0.4) is 0 Å². The molecule has 4 nitrogen and oxygen atoms in total. The van der Waals surface area contributed by atoms with E-state index in [2.05, 4.69) is 46.6 Å². The Morgan fingerprint density at radius 3 is 2.80 bits per heavy atom. The normalized spacial score (nSPS) is 15.9. The van der Waals surface area contributed by atoms with Crippen molar-refractivity contribution in [3.05, 3.63) is 29.8 Å². The van der Waals surface area contributed by atoms with E-state index in [1.807, 2.05) is 0 Å². The molecule has 15 heavy (non-hydrogen) atoms. The summed E-state index contributed by atoms with van der Waals surface area (Å²) in [4.78, 5) is 4.28. The van der Waals surface area contributed by atoms with Crippen LogP contribution in [0.2, 0.25) is 0 Å². The van der Waals surface area contributed by atoms with Gasteiger partial charge in [0.1, 0.15) is 5.84 Å². The van der Waals surface area contributed by atoms with E-state index in [9.17, 15) is 0 Å². The Hall–Kier alpha value is -1.55. The Labute approximate surface area is 89.8 Å². The van der Waals surface area contributed by atoms with Crippen molar-refractivity contribution in [1.29, 1.82) is 0 Å². The topological polar surface area (TPSA) is 53.6 Å². The van der Waals surface area contributed by atoms with Gasteiger partial charge in [0.05, 0.1) is 25.3 Å². The number of aryl methyl sites for hydroxylation is 1. The van der Waals surface area contributed by atoms with Crippen molar-refractivity contribution in [1.82, 2.24) is 5.43 Å². The van der Waals surface area contributed by atoms with Crippen molar-refractivity contribution >= 4 is 11.5 Å². The first kappa shape index (κ1) is 9.98. The molecule has 1 aliphatic rings. The number of hydrogen-bond donors (Lipinski definition) is 2. The number of amidine groups is 1. The minimum Gasteiger partial charge on any atom is -0.324 e. The number of nitrogens with zero attached hydrogens (tertiary/aromatic N) is 2. The van der Waals surface area contributed by atoms with E-state index in [0.717, 1.165) is 24.6 Å². The monoisotopic (exact) mass is 204 g/mol. The van der Waals surface area contributed by atoms with Gasteiger partial charge in [0.15, 0.2) is 0 Å². The molecule has 0 fully saturated rings. The Kier molecular flexibility index (Phi) is 2.87. The number of anilines is 1. The second kappa shape index (κ2) is 4.31. The first-order chi connectivity index (χ1) is 7.29. The fourth-order valence-electron chi connectivity index (χ4n) is 1.56. The van der Waals surface area contributed by atoms with Crippen molar-refractivity contribution < 1.29 is 0 Å². The van der Waals surface area contributed by atoms with E-state index in [0.29, 0.717) is 6.54 Å². The van der Waals surface area contributed by atoms with Crippen LogP contribution >= 0.6 is 0 Å². The molecule has 0 atom stereocenters. The van der Waals surface area contributed by atoms with Crippen molar-refractivity contribution in [3.8, 4) is 0 Å². The summed E-state index contributed by atoms with van der Waals surface area (Å²) in [6.45, 7) is 4.22. The van der Waals surface area contributed by atoms with Crippen molar-refractivity contribution in [2.75, 3.05) is 24.6 Å². The van der Waals surface area contributed by atoms with Gasteiger partial charge in [0, 0.05) is 0 Å². The third-order valence-electron chi connectivity index (χ3n) is 2.43. The maximum atomic E-state index is 5.55. The molecule has 0 saturated heterocycles. The Balaban J connectivity index is 2.12. The van der Waals surface area contributed by atoms with Gasteiger partial charge in [-0.05, 0) is 19.1 Å². The van der Waals surface area contributed by atoms with Crippen molar-refractivity contribution in [2.45, 2.75) is 6.92 Å². The molecule has 0 aromatic heterocycles. The molecule has 0 unspecified atom stereocenters. The molecule has 3 N–H and O–H groups in total. The van der Waals surface area contributed by atoms with E-state index in [1.54, 1.807) is 0 Å². The Morgan fingerprint density at radius 1 is 1.40 bits per heavy atom. The van der Waals surface area contributed by atoms with Crippen LogP contribution in [0.4, 0.5) is 5.69 Å². The van der Waals surface area contributed by atoms with E-state index >= 15 is 0 Å². The van der Waals surface area contributed by atoms with Crippen LogP contribution in [0.5, 0.6) is 0 Å². The summed E-state index contributed by atoms with van der Waals surface area (Å²) in [7, 11) is 0. The van der Waals surface area contributed by atoms with Gasteiger partial charge in [-0.2, -0.15) is 0 Å². The minimum absolute atomic E-state index is 0.461. The predicted molar refractivity (Wildman–Crippen MR) is 63.0 cm³/mol. The molecule has 0 aliphatic carbocycles. The van der Waals surface area contributed by atoms with Gasteiger partial charge in [0.25, 0.3) is 0 Å². The zero-order chi connectivity index (χ0) is 10.7. The summed E-state index contributed by atoms with van der Waals surface area (Å²) in [5.41, 5.74) is 11.2. The summed E-state index contributed by atoms with van der Waals surface area (Å²) < 4.78 is 0. The molecule has 0 radical (unpaired) electrons. The van der Waals surface area contributed by atoms with Crippen LogP contribution in [0.1, 0.15) is 5.56 Å². The van der Waals surface area contributed by atoms with Crippen molar-refractivity contribution in [3.63, 3.8) is 0 Å². The van der Waals surface area contributed by atoms with Gasteiger partial charge in [-0.1, -0.05) is 17.7 Å². The lowest BCUT2D eigenvalue weighted by Crippen LogP contribution is -2.49. The SMILES string of the molecule is Cc1ccc(N2CCN=C(CN)N2)cc1. The highest BCUT2D eigenvalue weighted by Crippen LogP contribution is 2.13. The Morgan fingerprint density at radius 2 is 2.13 bits per heavy atom. The fraction of sp³-hybridized carbons (Fsp3) is 0.364. The minimum atomic E-state index is 0.461. The van der Waals surface area contributed by atoms with Gasteiger partial charge in [-0.25, -0.2) is 0 Å². The molecule has 0 saturated carbocycles. The number of nitrogens with one attached hydrogen (secondary N) is 1. The van der Waals surface area contributed by atoms with Crippen LogP contribution in [-0.4, -0.2) is 25.5 Å². The molecule has 1 heterocycles. The average Bonchev–Trinajstić information content (AvgIpc) is 2.30. The summed E-state index contributed by atoms with van der Waals surface area (Å²) in [5.74, 6) is 0.849. The number of hydrogen-bond acceptors (Lipinski definition) is 4. The lowest BCUT2D eigenvalue weighted by Gasteiger charge is -2.29. The summed E-state index contributed by atoms with van der Waals surface area (Å²) in [6.07, 6.45) is 0. The zero-order valence-electron chi connectivity index (χ0n) is 8.90. The number of rotatable bonds is 2. The van der Waals surface area contributed by atoms with Crippen LogP contribution in [0, 0.1) is 6.92 Å². The van der Waals surface area contributed by atoms with Crippen LogP contribution < -0.4 is 16.2 Å². The lowest BCUT2D eigenvalue weighted by atomic mass is 10.2. The maximum absolute atomic E-state index is 5.55. The Bertz CT molecular complexity index is 355. The maximum Gasteiger partial charge on any atom is 0.129 e. The van der Waals surface area contributed by atoms with Crippen LogP contribution in [-0.2, 0) is 0 Å². The summed E-state index contributed by atoms with van der Waals surface area (Å²) >= 11 is 0. The smallest absolute Gasteiger partial charge is 0.129 e. The van der Waals surface area contributed by atoms with E-state index in [-0.39, 0.29) is 0 Å². The average molecular weight is 204 g/mol. The zero-order valence-corrected chi connectivity index (χ0v) is 8.90. The molecule has 0 amide bonds. The van der Waals surface area contributed by atoms with Crippen molar-refractivity contribution in [2.24, 2.45) is 10.7 Å². The molecule has 4 heteroatoms. The fourth-order valence-corrected chi connectivity index (χ4v) is 1.56. The molecule has 1 aromatic rings. The summed E-state index contributed by atoms with van der Waals surface area (Å²) in [5, 5.41) is 2.08. The molecule has 1 aromatic carbocycles. The van der Waals surface area contributed by atoms with E-state index < -0.39 is 0 Å². The lowest BCUT2D eigenvalue weighted by molar-refractivity contribution is 0.712. The number of nitrogens with two attached hydrogens (primary N) is 1. The highest BCUT2D eigenvalue weighted by Gasteiger charge is 2.11. The van der Waals surface area contributed by atoms with Gasteiger partial charge >= 0.3 is 0 Å². The first-order valence-electron chi connectivity index (χ1n) is 5.14. The molecule has 1 aliphatic heterocycles. The highest BCUT2D eigenvalue weighted by atomic mass is 15.5. The van der Waals surface area contributed by atoms with Gasteiger partial charge in [-0.15, -0.1) is 0 Å². The molecule has 0 bridgehead atoms. The second-order valence-electron chi connectivity index (χ2n) is 3.63. The third kappa shape index (κ3) is 2.27. The third-order valence-corrected chi connectivity index (χ3v) is 2.43. The summed E-state index contributed by atoms with van der Waals surface area (Å²) in [6, 6.07) is 8.40. The van der Waals surface area contributed by atoms with Gasteiger partial charge in [-0.3, -0.25) is 15.4 Å².